The van der Waals surface area contributed by atoms with E-state index < -0.39 is 16.0 Å². The molecule has 1 aromatic heterocycles. The lowest BCUT2D eigenvalue weighted by atomic mass is 10.1. The van der Waals surface area contributed by atoms with Gasteiger partial charge in [0, 0.05) is 11.4 Å². The van der Waals surface area contributed by atoms with Crippen LogP contribution in [0.2, 0.25) is 0 Å². The van der Waals surface area contributed by atoms with Crippen LogP contribution in [0.1, 0.15) is 32.1 Å². The zero-order valence-electron chi connectivity index (χ0n) is 12.4. The van der Waals surface area contributed by atoms with Gasteiger partial charge in [-0.3, -0.25) is 0 Å². The number of nitrogens with one attached hydrogen (secondary N) is 1. The van der Waals surface area contributed by atoms with Crippen molar-refractivity contribution in [3.8, 4) is 0 Å². The smallest absolute Gasteiger partial charge is 0.335 e. The van der Waals surface area contributed by atoms with Crippen molar-refractivity contribution in [2.24, 2.45) is 0 Å². The lowest BCUT2D eigenvalue weighted by Gasteiger charge is -2.12. The van der Waals surface area contributed by atoms with Gasteiger partial charge in [0.15, 0.2) is 0 Å². The Balaban J connectivity index is 2.34. The molecule has 0 fully saturated rings. The normalized spacial score (nSPS) is 11.6. The van der Waals surface area contributed by atoms with Crippen LogP contribution in [0, 0.1) is 20.8 Å². The maximum atomic E-state index is 12.4. The van der Waals surface area contributed by atoms with Gasteiger partial charge in [-0.2, -0.15) is 4.37 Å². The topological polar surface area (TPSA) is 96.4 Å². The van der Waals surface area contributed by atoms with E-state index in [1.807, 2.05) is 6.92 Å². The number of nitrogens with zero attached hydrogens (tertiary/aromatic N) is 1. The maximum absolute atomic E-state index is 12.4. The first-order valence-electron chi connectivity index (χ1n) is 6.47. The highest BCUT2D eigenvalue weighted by Crippen LogP contribution is 2.22. The van der Waals surface area contributed by atoms with Crippen LogP contribution in [0.4, 0.5) is 0 Å². The summed E-state index contributed by atoms with van der Waals surface area (Å²) in [6, 6.07) is 4.45. The number of carboxylic acids is 1. The van der Waals surface area contributed by atoms with Gasteiger partial charge in [0.2, 0.25) is 10.0 Å². The number of sulfonamides is 1. The number of rotatable bonds is 5. The summed E-state index contributed by atoms with van der Waals surface area (Å²) >= 11 is 1.23. The summed E-state index contributed by atoms with van der Waals surface area (Å²) in [5.74, 6) is -1.15. The second kappa shape index (κ2) is 6.15. The predicted octanol–water partition coefficient (Wildman–Crippen LogP) is 2.25. The molecule has 0 amide bonds. The molecule has 2 rings (SSSR count). The number of benzene rings is 1. The molecule has 0 radical (unpaired) electrons. The van der Waals surface area contributed by atoms with Crippen LogP contribution in [-0.4, -0.2) is 23.9 Å². The average molecular weight is 340 g/mol. The molecule has 2 aromatic rings. The largest absolute Gasteiger partial charge is 0.478 e. The summed E-state index contributed by atoms with van der Waals surface area (Å²) in [5.41, 5.74) is 1.95. The standard InChI is InChI=1S/C14H16N2O4S2/c1-8-4-11(14(17)18)6-13(10(8)3)22(19,20)15-7-12-5-9(2)16-21-12/h4-6,15H,7H2,1-3H3,(H,17,18). The molecule has 1 aromatic carbocycles. The van der Waals surface area contributed by atoms with Crippen LogP contribution in [0.5, 0.6) is 0 Å². The summed E-state index contributed by atoms with van der Waals surface area (Å²) < 4.78 is 31.5. The van der Waals surface area contributed by atoms with Crippen molar-refractivity contribution in [3.05, 3.63) is 45.5 Å². The van der Waals surface area contributed by atoms with Crippen molar-refractivity contribution in [1.82, 2.24) is 9.10 Å². The van der Waals surface area contributed by atoms with Crippen molar-refractivity contribution in [2.75, 3.05) is 0 Å². The van der Waals surface area contributed by atoms with E-state index in [9.17, 15) is 13.2 Å². The van der Waals surface area contributed by atoms with Gasteiger partial charge >= 0.3 is 5.97 Å². The zero-order chi connectivity index (χ0) is 16.5. The molecule has 2 N–H and O–H groups in total. The van der Waals surface area contributed by atoms with E-state index in [4.69, 9.17) is 5.11 Å². The van der Waals surface area contributed by atoms with Crippen LogP contribution in [0.15, 0.2) is 23.1 Å². The Kier molecular flexibility index (Phi) is 4.64. The highest BCUT2D eigenvalue weighted by molar-refractivity contribution is 7.89. The zero-order valence-corrected chi connectivity index (χ0v) is 14.0. The van der Waals surface area contributed by atoms with E-state index in [-0.39, 0.29) is 17.0 Å². The first-order chi connectivity index (χ1) is 10.2. The molecule has 0 aliphatic rings. The van der Waals surface area contributed by atoms with E-state index in [1.54, 1.807) is 19.9 Å². The summed E-state index contributed by atoms with van der Waals surface area (Å²) in [6.07, 6.45) is 0. The highest BCUT2D eigenvalue weighted by Gasteiger charge is 2.20. The van der Waals surface area contributed by atoms with Crippen molar-refractivity contribution < 1.29 is 18.3 Å². The molecular weight excluding hydrogens is 324 g/mol. The number of carbonyl (C=O) groups is 1. The van der Waals surface area contributed by atoms with Crippen LogP contribution in [0.3, 0.4) is 0 Å². The minimum absolute atomic E-state index is 0.00821. The summed E-state index contributed by atoms with van der Waals surface area (Å²) in [7, 11) is -3.79. The molecule has 0 bridgehead atoms. The third kappa shape index (κ3) is 3.52. The molecule has 0 atom stereocenters. The summed E-state index contributed by atoms with van der Waals surface area (Å²) in [5, 5.41) is 9.08. The van der Waals surface area contributed by atoms with Gasteiger partial charge in [0.05, 0.1) is 16.2 Å². The quantitative estimate of drug-likeness (QED) is 0.870. The number of hydrogen-bond acceptors (Lipinski definition) is 5. The van der Waals surface area contributed by atoms with Crippen molar-refractivity contribution in [2.45, 2.75) is 32.2 Å². The minimum atomic E-state index is -3.79. The van der Waals surface area contributed by atoms with Crippen molar-refractivity contribution in [3.63, 3.8) is 0 Å². The SMILES string of the molecule is Cc1cc(CNS(=O)(=O)c2cc(C(=O)O)cc(C)c2C)sn1. The Morgan fingerprint density at radius 3 is 2.50 bits per heavy atom. The molecule has 22 heavy (non-hydrogen) atoms. The second-order valence-electron chi connectivity index (χ2n) is 4.98. The Morgan fingerprint density at radius 2 is 1.95 bits per heavy atom. The summed E-state index contributed by atoms with van der Waals surface area (Å²) in [4.78, 5) is 11.9. The lowest BCUT2D eigenvalue weighted by Crippen LogP contribution is -2.24. The van der Waals surface area contributed by atoms with Crippen LogP contribution in [0.25, 0.3) is 0 Å². The van der Waals surface area contributed by atoms with E-state index in [0.717, 1.165) is 10.6 Å². The Morgan fingerprint density at radius 1 is 1.27 bits per heavy atom. The third-order valence-corrected chi connectivity index (χ3v) is 5.67. The first kappa shape index (κ1) is 16.6. The van der Waals surface area contributed by atoms with E-state index >= 15 is 0 Å². The Labute approximate surface area is 133 Å². The van der Waals surface area contributed by atoms with Crippen LogP contribution < -0.4 is 4.72 Å². The van der Waals surface area contributed by atoms with Crippen LogP contribution in [-0.2, 0) is 16.6 Å². The highest BCUT2D eigenvalue weighted by atomic mass is 32.2. The molecule has 8 heteroatoms. The van der Waals surface area contributed by atoms with Gasteiger partial charge in [-0.15, -0.1) is 0 Å². The molecule has 6 nitrogen and oxygen atoms in total. The second-order valence-corrected chi connectivity index (χ2v) is 7.61. The third-order valence-electron chi connectivity index (χ3n) is 3.27. The van der Waals surface area contributed by atoms with Crippen molar-refractivity contribution >= 4 is 27.5 Å². The molecule has 118 valence electrons. The molecule has 1 heterocycles. The van der Waals surface area contributed by atoms with Gasteiger partial charge in [0.1, 0.15) is 0 Å². The van der Waals surface area contributed by atoms with E-state index in [2.05, 4.69) is 9.10 Å². The number of aryl methyl sites for hydroxylation is 2. The predicted molar refractivity (Wildman–Crippen MR) is 83.8 cm³/mol. The number of carboxylic acid groups (broad SMARTS) is 1. The van der Waals surface area contributed by atoms with Crippen molar-refractivity contribution in [1.29, 1.82) is 0 Å². The summed E-state index contributed by atoms with van der Waals surface area (Å²) in [6.45, 7) is 5.31. The Bertz CT molecular complexity index is 825. The monoisotopic (exact) mass is 340 g/mol. The molecule has 0 spiro atoms. The fourth-order valence-corrected chi connectivity index (χ4v) is 4.09. The first-order valence-corrected chi connectivity index (χ1v) is 8.73. The van der Waals surface area contributed by atoms with Gasteiger partial charge < -0.3 is 5.11 Å². The Hall–Kier alpha value is -1.77. The van der Waals surface area contributed by atoms with E-state index in [1.165, 1.54) is 23.7 Å². The number of hydrogen-bond donors (Lipinski definition) is 2. The van der Waals surface area contributed by atoms with Gasteiger partial charge in [0.25, 0.3) is 0 Å². The average Bonchev–Trinajstić information content (AvgIpc) is 2.85. The number of aromatic nitrogens is 1. The number of aromatic carboxylic acids is 1. The maximum Gasteiger partial charge on any atom is 0.335 e. The molecule has 0 unspecified atom stereocenters. The minimum Gasteiger partial charge on any atom is -0.478 e. The van der Waals surface area contributed by atoms with Gasteiger partial charge in [-0.25, -0.2) is 17.9 Å². The molecule has 0 saturated heterocycles. The molecular formula is C14H16N2O4S2. The molecule has 0 aliphatic heterocycles. The van der Waals surface area contributed by atoms with Gasteiger partial charge in [-0.1, -0.05) is 0 Å². The molecule has 0 saturated carbocycles. The van der Waals surface area contributed by atoms with Gasteiger partial charge in [-0.05, 0) is 61.6 Å². The lowest BCUT2D eigenvalue weighted by molar-refractivity contribution is 0.0696. The van der Waals surface area contributed by atoms with Crippen LogP contribution >= 0.6 is 11.5 Å². The van der Waals surface area contributed by atoms with E-state index in [0.29, 0.717) is 11.1 Å². The molecule has 0 aliphatic carbocycles. The fourth-order valence-electron chi connectivity index (χ4n) is 1.97. The fraction of sp³-hybridized carbons (Fsp3) is 0.286.